The Hall–Kier alpha value is -0.550. The maximum Gasteiger partial charge on any atom is 0.313 e. The molecule has 0 heterocycles. The molecule has 0 amide bonds. The number of esters is 1. The van der Waals surface area contributed by atoms with Gasteiger partial charge in [-0.3, -0.25) is 9.59 Å². The fraction of sp³-hybridized carbons (Fsp3) is 0.800. The van der Waals surface area contributed by atoms with E-state index in [0.29, 0.717) is 12.4 Å². The minimum atomic E-state index is -0.460. The van der Waals surface area contributed by atoms with Gasteiger partial charge in [-0.05, 0) is 18.6 Å². The van der Waals surface area contributed by atoms with Crippen LogP contribution in [0.15, 0.2) is 0 Å². The van der Waals surface area contributed by atoms with Crippen molar-refractivity contribution in [2.45, 2.75) is 20.3 Å². The van der Waals surface area contributed by atoms with Gasteiger partial charge >= 0.3 is 5.97 Å². The van der Waals surface area contributed by atoms with Crippen molar-refractivity contribution < 1.29 is 19.4 Å². The lowest BCUT2D eigenvalue weighted by atomic mass is 10.2. The minimum absolute atomic E-state index is 0.122. The van der Waals surface area contributed by atoms with E-state index in [0.717, 1.165) is 5.75 Å². The molecule has 0 rings (SSSR count). The van der Waals surface area contributed by atoms with Crippen LogP contribution in [0.1, 0.15) is 20.3 Å². The zero-order chi connectivity index (χ0) is 11.7. The molecule has 0 aliphatic heterocycles. The first-order valence-corrected chi connectivity index (χ1v) is 6.11. The molecule has 1 atom stereocenters. The Balaban J connectivity index is 3.53. The zero-order valence-corrected chi connectivity index (χ0v) is 10.0. The van der Waals surface area contributed by atoms with E-state index in [2.05, 4.69) is 4.74 Å². The normalized spacial score (nSPS) is 12.2. The van der Waals surface area contributed by atoms with Crippen LogP contribution in [-0.2, 0) is 14.3 Å². The van der Waals surface area contributed by atoms with Crippen LogP contribution in [-0.4, -0.2) is 41.6 Å². The summed E-state index contributed by atoms with van der Waals surface area (Å²) in [6.07, 6.45) is -0.144. The number of carbonyl (C=O) groups excluding carboxylic acids is 2. The highest BCUT2D eigenvalue weighted by Gasteiger charge is 2.10. The van der Waals surface area contributed by atoms with Gasteiger partial charge in [0.05, 0.1) is 12.4 Å². The minimum Gasteiger partial charge on any atom is -0.466 e. The van der Waals surface area contributed by atoms with E-state index in [4.69, 9.17) is 5.11 Å². The molecule has 5 heteroatoms. The number of rotatable bonds is 8. The molecule has 0 aliphatic rings. The molecule has 0 aromatic carbocycles. The Kier molecular flexibility index (Phi) is 8.41. The van der Waals surface area contributed by atoms with Gasteiger partial charge in [0.2, 0.25) is 0 Å². The molecule has 0 radical (unpaired) electrons. The van der Waals surface area contributed by atoms with Crippen LogP contribution in [0.3, 0.4) is 0 Å². The average Bonchev–Trinajstić information content (AvgIpc) is 2.17. The average molecular weight is 234 g/mol. The fourth-order valence-corrected chi connectivity index (χ4v) is 1.81. The number of carbonyl (C=O) groups is 2. The molecule has 15 heavy (non-hydrogen) atoms. The van der Waals surface area contributed by atoms with E-state index in [1.807, 2.05) is 6.92 Å². The highest BCUT2D eigenvalue weighted by atomic mass is 32.2. The summed E-state index contributed by atoms with van der Waals surface area (Å²) in [5.41, 5.74) is 0. The topological polar surface area (TPSA) is 63.6 Å². The fourth-order valence-electron chi connectivity index (χ4n) is 0.851. The molecule has 0 spiro atoms. The van der Waals surface area contributed by atoms with Gasteiger partial charge in [-0.25, -0.2) is 0 Å². The second-order valence-corrected chi connectivity index (χ2v) is 4.35. The number of hydrogen-bond acceptors (Lipinski definition) is 5. The third-order valence-electron chi connectivity index (χ3n) is 1.62. The van der Waals surface area contributed by atoms with E-state index in [-0.39, 0.29) is 24.7 Å². The molecule has 4 nitrogen and oxygen atoms in total. The van der Waals surface area contributed by atoms with Crippen LogP contribution in [0.2, 0.25) is 0 Å². The van der Waals surface area contributed by atoms with Crippen molar-refractivity contribution in [3.63, 3.8) is 0 Å². The second-order valence-electron chi connectivity index (χ2n) is 3.32. The molecule has 1 N–H and O–H groups in total. The number of thioether (sulfide) groups is 1. The van der Waals surface area contributed by atoms with Crippen molar-refractivity contribution >= 4 is 23.5 Å². The summed E-state index contributed by atoms with van der Waals surface area (Å²) in [7, 11) is 0. The Morgan fingerprint density at radius 3 is 2.67 bits per heavy atom. The number of hydrogen-bond donors (Lipinski definition) is 1. The van der Waals surface area contributed by atoms with Crippen LogP contribution in [0, 0.1) is 5.92 Å². The number of aliphatic hydroxyl groups is 1. The van der Waals surface area contributed by atoms with Gasteiger partial charge in [-0.15, -0.1) is 0 Å². The summed E-state index contributed by atoms with van der Waals surface area (Å²) < 4.78 is 4.65. The van der Waals surface area contributed by atoms with Crippen molar-refractivity contribution in [1.82, 2.24) is 0 Å². The molecule has 0 saturated carbocycles. The Morgan fingerprint density at radius 1 is 1.47 bits per heavy atom. The second kappa shape index (κ2) is 8.73. The molecule has 0 aliphatic carbocycles. The van der Waals surface area contributed by atoms with Gasteiger partial charge in [-0.1, -0.05) is 6.92 Å². The molecular weight excluding hydrogens is 216 g/mol. The lowest BCUT2D eigenvalue weighted by Gasteiger charge is -2.06. The summed E-state index contributed by atoms with van der Waals surface area (Å²) in [6, 6.07) is 0. The number of aliphatic hydroxyl groups excluding tert-OH is 1. The van der Waals surface area contributed by atoms with Crippen LogP contribution in [0.5, 0.6) is 0 Å². The molecule has 0 bridgehead atoms. The van der Waals surface area contributed by atoms with Crippen LogP contribution >= 0.6 is 11.8 Å². The molecule has 0 aromatic rings. The predicted octanol–water partition coefficient (Wildman–Crippen LogP) is 0.870. The zero-order valence-electron chi connectivity index (χ0n) is 9.19. The largest absolute Gasteiger partial charge is 0.466 e. The lowest BCUT2D eigenvalue weighted by Crippen LogP contribution is -2.14. The van der Waals surface area contributed by atoms with Crippen molar-refractivity contribution in [1.29, 1.82) is 0 Å². The van der Waals surface area contributed by atoms with Gasteiger partial charge in [0.15, 0.2) is 5.78 Å². The molecule has 88 valence electrons. The summed E-state index contributed by atoms with van der Waals surface area (Å²) in [5.74, 6) is 0.640. The van der Waals surface area contributed by atoms with Gasteiger partial charge in [0.1, 0.15) is 6.42 Å². The smallest absolute Gasteiger partial charge is 0.313 e. The quantitative estimate of drug-likeness (QED) is 0.499. The van der Waals surface area contributed by atoms with Crippen LogP contribution in [0.25, 0.3) is 0 Å². The van der Waals surface area contributed by atoms with Gasteiger partial charge in [0, 0.05) is 6.61 Å². The number of ketones is 1. The van der Waals surface area contributed by atoms with Crippen LogP contribution < -0.4 is 0 Å². The maximum absolute atomic E-state index is 11.2. The lowest BCUT2D eigenvalue weighted by molar-refractivity contribution is -0.145. The Morgan fingerprint density at radius 2 is 2.13 bits per heavy atom. The summed E-state index contributed by atoms with van der Waals surface area (Å²) in [4.78, 5) is 22.1. The Labute approximate surface area is 94.4 Å². The van der Waals surface area contributed by atoms with Gasteiger partial charge in [-0.2, -0.15) is 11.8 Å². The predicted molar refractivity (Wildman–Crippen MR) is 59.8 cm³/mol. The third-order valence-corrected chi connectivity index (χ3v) is 2.95. The standard InChI is InChI=1S/C10H18O4S/c1-3-14-10(13)4-9(12)7-15-6-8(2)5-11/h8,11H,3-7H2,1-2H3. The molecule has 0 aromatic heterocycles. The van der Waals surface area contributed by atoms with Crippen molar-refractivity contribution in [3.05, 3.63) is 0 Å². The first-order chi connectivity index (χ1) is 7.10. The first kappa shape index (κ1) is 14.5. The molecule has 0 saturated heterocycles. The van der Waals surface area contributed by atoms with Crippen molar-refractivity contribution in [3.8, 4) is 0 Å². The van der Waals surface area contributed by atoms with Crippen molar-refractivity contribution in [2.24, 2.45) is 5.92 Å². The third kappa shape index (κ3) is 8.44. The van der Waals surface area contributed by atoms with E-state index in [1.165, 1.54) is 11.8 Å². The van der Waals surface area contributed by atoms with Gasteiger partial charge in [0.25, 0.3) is 0 Å². The number of ether oxygens (including phenoxy) is 1. The highest BCUT2D eigenvalue weighted by molar-refractivity contribution is 7.99. The highest BCUT2D eigenvalue weighted by Crippen LogP contribution is 2.08. The van der Waals surface area contributed by atoms with E-state index >= 15 is 0 Å². The molecule has 1 unspecified atom stereocenters. The Bertz CT molecular complexity index is 206. The molecular formula is C10H18O4S. The van der Waals surface area contributed by atoms with Crippen LogP contribution in [0.4, 0.5) is 0 Å². The summed E-state index contributed by atoms with van der Waals surface area (Å²) in [6.45, 7) is 4.04. The molecule has 0 fully saturated rings. The van der Waals surface area contributed by atoms with E-state index in [1.54, 1.807) is 6.92 Å². The first-order valence-electron chi connectivity index (χ1n) is 4.96. The summed E-state index contributed by atoms with van der Waals surface area (Å²) in [5, 5.41) is 8.74. The van der Waals surface area contributed by atoms with Gasteiger partial charge < -0.3 is 9.84 Å². The number of Topliss-reactive ketones (excluding diaryl/α,β-unsaturated/α-hetero) is 1. The maximum atomic E-state index is 11.2. The van der Waals surface area contributed by atoms with Crippen molar-refractivity contribution in [2.75, 3.05) is 24.7 Å². The SMILES string of the molecule is CCOC(=O)CC(=O)CSCC(C)CO. The monoisotopic (exact) mass is 234 g/mol. The van der Waals surface area contributed by atoms with E-state index < -0.39 is 5.97 Å². The van der Waals surface area contributed by atoms with E-state index in [9.17, 15) is 9.59 Å². The summed E-state index contributed by atoms with van der Waals surface area (Å²) >= 11 is 1.44.